The van der Waals surface area contributed by atoms with Crippen molar-refractivity contribution >= 4 is 5.97 Å². The molecule has 0 aromatic carbocycles. The molecule has 2 rings (SSSR count). The molecule has 0 aromatic heterocycles. The summed E-state index contributed by atoms with van der Waals surface area (Å²) in [7, 11) is 0. The van der Waals surface area contributed by atoms with E-state index in [9.17, 15) is 4.79 Å². The van der Waals surface area contributed by atoms with Crippen LogP contribution in [0.5, 0.6) is 0 Å². The highest BCUT2D eigenvalue weighted by molar-refractivity contribution is 5.89. The monoisotopic (exact) mass is 212 g/mol. The minimum Gasteiger partial charge on any atom is -0.462 e. The van der Waals surface area contributed by atoms with Gasteiger partial charge in [0.15, 0.2) is 5.79 Å². The maximum absolute atomic E-state index is 11.4. The third-order valence-electron chi connectivity index (χ3n) is 2.50. The lowest BCUT2D eigenvalue weighted by Crippen LogP contribution is -2.22. The van der Waals surface area contributed by atoms with Gasteiger partial charge >= 0.3 is 5.97 Å². The normalized spacial score (nSPS) is 33.1. The molecule has 0 saturated carbocycles. The Kier molecular flexibility index (Phi) is 2.80. The Bertz CT molecular complexity index is 293. The van der Waals surface area contributed by atoms with Gasteiger partial charge in [0.2, 0.25) is 0 Å². The van der Waals surface area contributed by atoms with E-state index in [4.69, 9.17) is 14.2 Å². The predicted molar refractivity (Wildman–Crippen MR) is 53.2 cm³/mol. The van der Waals surface area contributed by atoms with E-state index < -0.39 is 5.79 Å². The van der Waals surface area contributed by atoms with E-state index >= 15 is 0 Å². The number of carbonyl (C=O) groups excluding carboxylic acids is 1. The Morgan fingerprint density at radius 1 is 1.47 bits per heavy atom. The Labute approximate surface area is 89.2 Å². The van der Waals surface area contributed by atoms with E-state index in [2.05, 4.69) is 0 Å². The molecule has 2 aliphatic heterocycles. The van der Waals surface area contributed by atoms with Crippen molar-refractivity contribution in [2.24, 2.45) is 0 Å². The number of ether oxygens (including phenoxy) is 3. The zero-order chi connectivity index (χ0) is 10.9. The molecule has 0 radical (unpaired) electrons. The summed E-state index contributed by atoms with van der Waals surface area (Å²) in [4.78, 5) is 11.4. The Hall–Kier alpha value is -0.870. The van der Waals surface area contributed by atoms with Gasteiger partial charge in [-0.15, -0.1) is 0 Å². The number of hydrogen-bond acceptors (Lipinski definition) is 4. The second kappa shape index (κ2) is 3.94. The number of hydrogen-bond donors (Lipinski definition) is 0. The number of carbonyl (C=O) groups is 1. The van der Waals surface area contributed by atoms with Crippen LogP contribution in [0.1, 0.15) is 26.7 Å². The van der Waals surface area contributed by atoms with E-state index in [-0.39, 0.29) is 12.1 Å². The minimum atomic E-state index is -0.541. The van der Waals surface area contributed by atoms with Crippen LogP contribution in [-0.4, -0.2) is 31.1 Å². The van der Waals surface area contributed by atoms with Crippen molar-refractivity contribution in [2.75, 3.05) is 13.2 Å². The smallest absolute Gasteiger partial charge is 0.333 e. The van der Waals surface area contributed by atoms with E-state index in [1.54, 1.807) is 0 Å². The molecule has 0 aromatic rings. The van der Waals surface area contributed by atoms with Gasteiger partial charge in [-0.3, -0.25) is 0 Å². The number of cyclic esters (lactones) is 1. The molecule has 2 saturated heterocycles. The summed E-state index contributed by atoms with van der Waals surface area (Å²) < 4.78 is 16.0. The van der Waals surface area contributed by atoms with Gasteiger partial charge in [-0.1, -0.05) is 0 Å². The molecule has 84 valence electrons. The van der Waals surface area contributed by atoms with Gasteiger partial charge in [0.1, 0.15) is 6.10 Å². The van der Waals surface area contributed by atoms with Crippen molar-refractivity contribution in [3.63, 3.8) is 0 Å². The van der Waals surface area contributed by atoms with Crippen LogP contribution in [0.2, 0.25) is 0 Å². The van der Waals surface area contributed by atoms with Crippen molar-refractivity contribution in [2.45, 2.75) is 38.6 Å². The first kappa shape index (κ1) is 10.6. The lowest BCUT2D eigenvalue weighted by Gasteiger charge is -2.17. The highest BCUT2D eigenvalue weighted by atomic mass is 16.7. The molecule has 4 heteroatoms. The fourth-order valence-corrected chi connectivity index (χ4v) is 1.80. The molecule has 0 unspecified atom stereocenters. The van der Waals surface area contributed by atoms with Crippen molar-refractivity contribution < 1.29 is 19.0 Å². The molecule has 0 amide bonds. The van der Waals surface area contributed by atoms with Crippen molar-refractivity contribution in [3.05, 3.63) is 11.6 Å². The molecule has 2 heterocycles. The Morgan fingerprint density at radius 2 is 2.27 bits per heavy atom. The van der Waals surface area contributed by atoms with Crippen molar-refractivity contribution in [1.82, 2.24) is 0 Å². The molecule has 2 fully saturated rings. The molecule has 1 atom stereocenters. The van der Waals surface area contributed by atoms with Gasteiger partial charge in [-0.05, 0) is 32.8 Å². The lowest BCUT2D eigenvalue weighted by atomic mass is 10.1. The van der Waals surface area contributed by atoms with E-state index in [0.717, 1.165) is 12.8 Å². The van der Waals surface area contributed by atoms with Crippen LogP contribution >= 0.6 is 0 Å². The highest BCUT2D eigenvalue weighted by Crippen LogP contribution is 2.25. The van der Waals surface area contributed by atoms with Crippen LogP contribution < -0.4 is 0 Å². The van der Waals surface area contributed by atoms with E-state index in [0.29, 0.717) is 18.8 Å². The third kappa shape index (κ3) is 2.58. The summed E-state index contributed by atoms with van der Waals surface area (Å²) in [5, 5.41) is 0. The van der Waals surface area contributed by atoms with Crippen LogP contribution in [0.4, 0.5) is 0 Å². The van der Waals surface area contributed by atoms with Gasteiger partial charge < -0.3 is 14.2 Å². The van der Waals surface area contributed by atoms with Crippen molar-refractivity contribution in [1.29, 1.82) is 0 Å². The first-order valence-corrected chi connectivity index (χ1v) is 5.26. The predicted octanol–water partition coefficient (Wildman–Crippen LogP) is 1.40. The molecule has 4 nitrogen and oxygen atoms in total. The zero-order valence-electron chi connectivity index (χ0n) is 9.12. The quantitative estimate of drug-likeness (QED) is 0.487. The SMILES string of the molecule is CC1(C)OC[C@H](/C=C2/CCCOC2=O)O1. The van der Waals surface area contributed by atoms with E-state index in [1.165, 1.54) is 0 Å². The second-order valence-electron chi connectivity index (χ2n) is 4.30. The van der Waals surface area contributed by atoms with Crippen LogP contribution in [0.15, 0.2) is 11.6 Å². The first-order chi connectivity index (χ1) is 7.07. The van der Waals surface area contributed by atoms with Gasteiger partial charge in [-0.25, -0.2) is 4.79 Å². The Morgan fingerprint density at radius 3 is 2.87 bits per heavy atom. The minimum absolute atomic E-state index is 0.124. The van der Waals surface area contributed by atoms with Gasteiger partial charge in [0.05, 0.1) is 13.2 Å². The summed E-state index contributed by atoms with van der Waals surface area (Å²) in [6.07, 6.45) is 3.38. The third-order valence-corrected chi connectivity index (χ3v) is 2.50. The summed E-state index contributed by atoms with van der Waals surface area (Å²) in [6, 6.07) is 0. The molecule has 0 N–H and O–H groups in total. The largest absolute Gasteiger partial charge is 0.462 e. The zero-order valence-corrected chi connectivity index (χ0v) is 9.12. The molecular formula is C11H16O4. The fraction of sp³-hybridized carbons (Fsp3) is 0.727. The standard InChI is InChI=1S/C11H16O4/c1-11(2)14-7-9(15-11)6-8-4-3-5-13-10(8)12/h6,9H,3-5,7H2,1-2H3/b8-6-/t9-/m0/s1. The average molecular weight is 212 g/mol. The maximum atomic E-state index is 11.4. The van der Waals surface area contributed by atoms with Gasteiger partial charge in [0.25, 0.3) is 0 Å². The van der Waals surface area contributed by atoms with Crippen LogP contribution in [0.3, 0.4) is 0 Å². The fourth-order valence-electron chi connectivity index (χ4n) is 1.80. The summed E-state index contributed by atoms with van der Waals surface area (Å²) in [5.74, 6) is -0.755. The van der Waals surface area contributed by atoms with E-state index in [1.807, 2.05) is 19.9 Å². The summed E-state index contributed by atoms with van der Waals surface area (Å²) in [6.45, 7) is 4.77. The van der Waals surface area contributed by atoms with Crippen molar-refractivity contribution in [3.8, 4) is 0 Å². The first-order valence-electron chi connectivity index (χ1n) is 5.26. The molecule has 0 spiro atoms. The molecule has 0 bridgehead atoms. The van der Waals surface area contributed by atoms with Gasteiger partial charge in [-0.2, -0.15) is 0 Å². The summed E-state index contributed by atoms with van der Waals surface area (Å²) in [5.41, 5.74) is 0.715. The lowest BCUT2D eigenvalue weighted by molar-refractivity contribution is -0.142. The average Bonchev–Trinajstić information content (AvgIpc) is 2.50. The number of rotatable bonds is 1. The highest BCUT2D eigenvalue weighted by Gasteiger charge is 2.32. The van der Waals surface area contributed by atoms with Crippen LogP contribution in [-0.2, 0) is 19.0 Å². The molecule has 15 heavy (non-hydrogen) atoms. The molecule has 2 aliphatic rings. The van der Waals surface area contributed by atoms with Crippen LogP contribution in [0.25, 0.3) is 0 Å². The number of esters is 1. The van der Waals surface area contributed by atoms with Gasteiger partial charge in [0, 0.05) is 5.57 Å². The maximum Gasteiger partial charge on any atom is 0.333 e. The topological polar surface area (TPSA) is 44.8 Å². The molecular weight excluding hydrogens is 196 g/mol. The Balaban J connectivity index is 2.00. The molecule has 0 aliphatic carbocycles. The summed E-state index contributed by atoms with van der Waals surface area (Å²) >= 11 is 0. The second-order valence-corrected chi connectivity index (χ2v) is 4.30. The van der Waals surface area contributed by atoms with Crippen LogP contribution in [0, 0.1) is 0 Å².